The Balaban J connectivity index is 1.79. The summed E-state index contributed by atoms with van der Waals surface area (Å²) < 4.78 is 8.97. The van der Waals surface area contributed by atoms with Crippen LogP contribution in [0.3, 0.4) is 0 Å². The van der Waals surface area contributed by atoms with Gasteiger partial charge in [0.2, 0.25) is 0 Å². The van der Waals surface area contributed by atoms with Gasteiger partial charge in [-0.05, 0) is 5.92 Å². The zero-order chi connectivity index (χ0) is 22.9. The van der Waals surface area contributed by atoms with Crippen LogP contribution in [0.5, 0.6) is 0 Å². The molecule has 0 bridgehead atoms. The third-order valence-corrected chi connectivity index (χ3v) is 6.30. The molecule has 2 atom stereocenters. The number of thioether (sulfide) groups is 1. The van der Waals surface area contributed by atoms with E-state index in [0.29, 0.717) is 5.57 Å². The molecule has 2 aliphatic heterocycles. The maximum absolute atomic E-state index is 12.9. The number of hydrogen-bond acceptors (Lipinski definition) is 10. The number of carbonyl (C=O) groups excluding carboxylic acids is 3. The smallest absolute Gasteiger partial charge is 0.352 e. The minimum Gasteiger partial charge on any atom is -0.477 e. The van der Waals surface area contributed by atoms with Crippen molar-refractivity contribution >= 4 is 57.8 Å². The summed E-state index contributed by atoms with van der Waals surface area (Å²) in [6.45, 7) is 4.76. The van der Waals surface area contributed by atoms with Gasteiger partial charge in [-0.1, -0.05) is 19.9 Å². The average molecular weight is 468 g/mol. The number of anilines is 1. The lowest BCUT2D eigenvalue weighted by atomic mass is 10.0. The molecule has 11 nitrogen and oxygen atoms in total. The van der Waals surface area contributed by atoms with E-state index < -0.39 is 35.2 Å². The Morgan fingerprint density at radius 2 is 2.13 bits per heavy atom. The SMILES string of the molecule is CC(=O)OCC1=C(C(=O)O)N2C(=O)C(NC(=O)/C(=C\C(C)C)c3nsc(N)n3)[C@@H]2SC1. The Labute approximate surface area is 185 Å². The molecule has 3 rings (SSSR count). The molecule has 2 aliphatic rings. The summed E-state index contributed by atoms with van der Waals surface area (Å²) >= 11 is 2.24. The van der Waals surface area contributed by atoms with Gasteiger partial charge in [0.15, 0.2) is 11.0 Å². The maximum Gasteiger partial charge on any atom is 0.352 e. The van der Waals surface area contributed by atoms with Crippen LogP contribution in [-0.2, 0) is 23.9 Å². The number of ether oxygens (including phenoxy) is 1. The molecule has 4 N–H and O–H groups in total. The number of aromatic nitrogens is 2. The molecule has 0 saturated carbocycles. The largest absolute Gasteiger partial charge is 0.477 e. The van der Waals surface area contributed by atoms with Gasteiger partial charge in [0.1, 0.15) is 23.7 Å². The number of esters is 1. The van der Waals surface area contributed by atoms with Crippen molar-refractivity contribution in [2.45, 2.75) is 32.2 Å². The van der Waals surface area contributed by atoms with Crippen LogP contribution in [0.4, 0.5) is 5.13 Å². The van der Waals surface area contributed by atoms with Crippen molar-refractivity contribution in [3.05, 3.63) is 23.2 Å². The van der Waals surface area contributed by atoms with Crippen molar-refractivity contribution in [3.8, 4) is 0 Å². The Morgan fingerprint density at radius 3 is 2.68 bits per heavy atom. The molecule has 2 amide bonds. The van der Waals surface area contributed by atoms with Crippen molar-refractivity contribution in [2.24, 2.45) is 5.92 Å². The minimum atomic E-state index is -1.30. The third kappa shape index (κ3) is 4.71. The molecule has 0 aromatic carbocycles. The number of rotatable bonds is 7. The highest BCUT2D eigenvalue weighted by molar-refractivity contribution is 8.00. The Morgan fingerprint density at radius 1 is 1.42 bits per heavy atom. The molecule has 13 heteroatoms. The van der Waals surface area contributed by atoms with Gasteiger partial charge in [0.25, 0.3) is 11.8 Å². The Kier molecular flexibility index (Phi) is 6.65. The van der Waals surface area contributed by atoms with Crippen LogP contribution in [-0.4, -0.2) is 66.9 Å². The van der Waals surface area contributed by atoms with Crippen LogP contribution >= 0.6 is 23.3 Å². The number of nitrogens with zero attached hydrogens (tertiary/aromatic N) is 3. The number of nitrogen functional groups attached to an aromatic ring is 1. The van der Waals surface area contributed by atoms with Crippen molar-refractivity contribution in [1.82, 2.24) is 19.6 Å². The van der Waals surface area contributed by atoms with E-state index in [2.05, 4.69) is 14.7 Å². The number of hydrogen-bond donors (Lipinski definition) is 3. The van der Waals surface area contributed by atoms with Crippen LogP contribution in [0.25, 0.3) is 5.57 Å². The lowest BCUT2D eigenvalue weighted by molar-refractivity contribution is -0.150. The van der Waals surface area contributed by atoms with Gasteiger partial charge in [0, 0.05) is 29.8 Å². The molecular formula is C18H21N5O6S2. The van der Waals surface area contributed by atoms with Gasteiger partial charge in [-0.3, -0.25) is 19.3 Å². The summed E-state index contributed by atoms with van der Waals surface area (Å²) in [5.41, 5.74) is 5.93. The second kappa shape index (κ2) is 9.06. The highest BCUT2D eigenvalue weighted by Gasteiger charge is 2.54. The first-order valence-corrected chi connectivity index (χ1v) is 11.1. The van der Waals surface area contributed by atoms with E-state index in [1.807, 2.05) is 13.8 Å². The van der Waals surface area contributed by atoms with Crippen LogP contribution in [0.2, 0.25) is 0 Å². The summed E-state index contributed by atoms with van der Waals surface area (Å²) in [5.74, 6) is -2.53. The number of amides is 2. The first-order chi connectivity index (χ1) is 14.6. The van der Waals surface area contributed by atoms with E-state index >= 15 is 0 Å². The maximum atomic E-state index is 12.9. The summed E-state index contributed by atoms with van der Waals surface area (Å²) in [4.78, 5) is 53.6. The summed E-state index contributed by atoms with van der Waals surface area (Å²) in [6, 6.07) is -0.909. The quantitative estimate of drug-likeness (QED) is 0.291. The predicted octanol–water partition coefficient (Wildman–Crippen LogP) is 0.461. The molecule has 1 unspecified atom stereocenters. The average Bonchev–Trinajstić information content (AvgIpc) is 3.13. The Hall–Kier alpha value is -2.93. The number of fused-ring (bicyclic) bond motifs is 1. The fourth-order valence-corrected chi connectivity index (χ4v) is 4.91. The van der Waals surface area contributed by atoms with Gasteiger partial charge in [0.05, 0.1) is 5.57 Å². The van der Waals surface area contributed by atoms with Crippen LogP contribution in [0, 0.1) is 5.92 Å². The highest BCUT2D eigenvalue weighted by atomic mass is 32.2. The van der Waals surface area contributed by atoms with Crippen molar-refractivity contribution < 1.29 is 29.0 Å². The topological polar surface area (TPSA) is 165 Å². The van der Waals surface area contributed by atoms with Gasteiger partial charge >= 0.3 is 11.9 Å². The summed E-state index contributed by atoms with van der Waals surface area (Å²) in [5, 5.41) is 11.9. The predicted molar refractivity (Wildman–Crippen MR) is 113 cm³/mol. The number of nitrogens with two attached hydrogens (primary N) is 1. The summed E-state index contributed by atoms with van der Waals surface area (Å²) in [6.07, 6.45) is 1.67. The lowest BCUT2D eigenvalue weighted by Crippen LogP contribution is -2.70. The van der Waals surface area contributed by atoms with E-state index in [1.54, 1.807) is 6.08 Å². The van der Waals surface area contributed by atoms with Crippen molar-refractivity contribution in [3.63, 3.8) is 0 Å². The normalized spacial score (nSPS) is 21.0. The number of allylic oxidation sites excluding steroid dienone is 1. The number of carboxylic acids is 1. The van der Waals surface area contributed by atoms with Crippen LogP contribution in [0.15, 0.2) is 17.3 Å². The zero-order valence-corrected chi connectivity index (χ0v) is 18.6. The van der Waals surface area contributed by atoms with Crippen LogP contribution < -0.4 is 11.1 Å². The van der Waals surface area contributed by atoms with Crippen molar-refractivity contribution in [1.29, 1.82) is 0 Å². The molecule has 1 aromatic heterocycles. The Bertz CT molecular complexity index is 1000. The summed E-state index contributed by atoms with van der Waals surface area (Å²) in [7, 11) is 0. The second-order valence-electron chi connectivity index (χ2n) is 7.18. The van der Waals surface area contributed by atoms with Gasteiger partial charge in [-0.15, -0.1) is 11.8 Å². The standard InChI is InChI=1S/C18H21N5O6S2/c1-7(2)4-10(13-21-18(19)31-22-13)14(25)20-11-15(26)23-12(17(27)28)9(5-29-8(3)24)6-30-16(11)23/h4,7,11,16H,5-6H2,1-3H3,(H,20,25)(H,27,28)(H2,19,21,22)/b10-4-/t11?,16-/m0/s1. The number of aliphatic carboxylic acids is 1. The highest BCUT2D eigenvalue weighted by Crippen LogP contribution is 2.40. The number of nitrogens with one attached hydrogen (secondary N) is 1. The molecule has 31 heavy (non-hydrogen) atoms. The first kappa shape index (κ1) is 22.7. The van der Waals surface area contributed by atoms with E-state index in [9.17, 15) is 24.3 Å². The van der Waals surface area contributed by atoms with E-state index in [0.717, 1.165) is 16.4 Å². The molecule has 0 spiro atoms. The lowest BCUT2D eigenvalue weighted by Gasteiger charge is -2.49. The third-order valence-electron chi connectivity index (χ3n) is 4.41. The fourth-order valence-electron chi connectivity index (χ4n) is 3.13. The molecule has 1 saturated heterocycles. The number of carbonyl (C=O) groups is 4. The van der Waals surface area contributed by atoms with Crippen molar-refractivity contribution in [2.75, 3.05) is 18.1 Å². The monoisotopic (exact) mass is 467 g/mol. The fraction of sp³-hybridized carbons (Fsp3) is 0.444. The number of β-lactam (4-membered cyclic amide) rings is 1. The molecule has 0 aliphatic carbocycles. The second-order valence-corrected chi connectivity index (χ2v) is 9.07. The molecule has 1 fully saturated rings. The van der Waals surface area contributed by atoms with Gasteiger partial charge in [-0.25, -0.2) is 4.79 Å². The number of carboxylic acid groups (broad SMARTS) is 1. The molecule has 3 heterocycles. The molecule has 1 aromatic rings. The minimum absolute atomic E-state index is 0.00787. The van der Waals surface area contributed by atoms with Crippen LogP contribution in [0.1, 0.15) is 26.6 Å². The molecule has 0 radical (unpaired) electrons. The molecule has 166 valence electrons. The van der Waals surface area contributed by atoms with E-state index in [1.165, 1.54) is 18.7 Å². The van der Waals surface area contributed by atoms with Gasteiger partial charge < -0.3 is 20.9 Å². The zero-order valence-electron chi connectivity index (χ0n) is 16.9. The van der Waals surface area contributed by atoms with E-state index in [-0.39, 0.29) is 40.5 Å². The molecular weight excluding hydrogens is 446 g/mol. The van der Waals surface area contributed by atoms with E-state index in [4.69, 9.17) is 10.5 Å². The van der Waals surface area contributed by atoms with Gasteiger partial charge in [-0.2, -0.15) is 9.36 Å². The first-order valence-electron chi connectivity index (χ1n) is 9.25.